The minimum atomic E-state index is -0.270. The van der Waals surface area contributed by atoms with Gasteiger partial charge in [-0.3, -0.25) is 9.59 Å². The first-order valence-electron chi connectivity index (χ1n) is 9.03. The van der Waals surface area contributed by atoms with Gasteiger partial charge in [-0.05, 0) is 32.3 Å². The number of likely N-dealkylation sites (N-methyl/N-ethyl adjacent to an activating group) is 2. The first-order chi connectivity index (χ1) is 13.0. The molecule has 1 aromatic heterocycles. The van der Waals surface area contributed by atoms with Gasteiger partial charge in [0.25, 0.3) is 5.91 Å². The van der Waals surface area contributed by atoms with Gasteiger partial charge in [0, 0.05) is 38.7 Å². The van der Waals surface area contributed by atoms with Crippen molar-refractivity contribution >= 4 is 22.8 Å². The van der Waals surface area contributed by atoms with Crippen LogP contribution in [-0.2, 0) is 9.53 Å². The Kier molecular flexibility index (Phi) is 6.02. The van der Waals surface area contributed by atoms with Gasteiger partial charge < -0.3 is 19.4 Å². The maximum absolute atomic E-state index is 13.0. The van der Waals surface area contributed by atoms with Crippen LogP contribution in [0.5, 0.6) is 0 Å². The average Bonchev–Trinajstić information content (AvgIpc) is 3.13. The number of benzene rings is 1. The molecule has 1 fully saturated rings. The van der Waals surface area contributed by atoms with Crippen molar-refractivity contribution in [3.63, 3.8) is 0 Å². The van der Waals surface area contributed by atoms with Gasteiger partial charge in [0.1, 0.15) is 11.0 Å². The number of amides is 2. The van der Waals surface area contributed by atoms with Crippen LogP contribution in [0.2, 0.25) is 0 Å². The third-order valence-electron chi connectivity index (χ3n) is 4.77. The Bertz CT molecular complexity index is 805. The fourth-order valence-electron chi connectivity index (χ4n) is 3.06. The number of hydrogen-bond donors (Lipinski definition) is 1. The Morgan fingerprint density at radius 2 is 2.00 bits per heavy atom. The number of carbonyl (C=O) groups excluding carboxylic acids is 2. The number of fused-ring (bicyclic) bond motifs is 1. The van der Waals surface area contributed by atoms with Crippen LogP contribution in [0.1, 0.15) is 16.8 Å². The number of nitrogens with zero attached hydrogens (tertiary/aromatic N) is 5. The molecule has 1 saturated heterocycles. The summed E-state index contributed by atoms with van der Waals surface area (Å²) < 4.78 is 5.53. The van der Waals surface area contributed by atoms with Crippen molar-refractivity contribution in [2.75, 3.05) is 54.0 Å². The maximum atomic E-state index is 13.0. The molecule has 1 N–H and O–H groups in total. The van der Waals surface area contributed by atoms with Crippen molar-refractivity contribution in [1.82, 2.24) is 30.1 Å². The molecule has 0 spiro atoms. The molecule has 1 atom stereocenters. The van der Waals surface area contributed by atoms with Crippen molar-refractivity contribution in [3.05, 3.63) is 23.8 Å². The van der Waals surface area contributed by atoms with Crippen LogP contribution in [0, 0.1) is 0 Å². The molecule has 2 aromatic rings. The van der Waals surface area contributed by atoms with Gasteiger partial charge >= 0.3 is 0 Å². The highest BCUT2D eigenvalue weighted by atomic mass is 16.5. The Balaban J connectivity index is 1.68. The molecule has 0 unspecified atom stereocenters. The van der Waals surface area contributed by atoms with Gasteiger partial charge in [-0.1, -0.05) is 0 Å². The number of carbonyl (C=O) groups is 2. The lowest BCUT2D eigenvalue weighted by Crippen LogP contribution is -2.50. The molecule has 9 heteroatoms. The first kappa shape index (κ1) is 19.2. The molecule has 0 bridgehead atoms. The summed E-state index contributed by atoms with van der Waals surface area (Å²) in [5.74, 6) is -0.103. The predicted octanol–water partition coefficient (Wildman–Crippen LogP) is 0.209. The zero-order chi connectivity index (χ0) is 19.4. The molecule has 2 amide bonds. The van der Waals surface area contributed by atoms with Crippen LogP contribution in [0.15, 0.2) is 18.2 Å². The van der Waals surface area contributed by atoms with E-state index in [2.05, 4.69) is 15.4 Å². The minimum Gasteiger partial charge on any atom is -0.377 e. The number of aromatic nitrogens is 3. The number of morpholine rings is 1. The SMILES string of the molecule is CN(C)CCN(C)C(=O)C[C@H]1COCCN1C(=O)c1ccc2n[nH]nc2c1. The monoisotopic (exact) mass is 374 g/mol. The van der Waals surface area contributed by atoms with Crippen LogP contribution in [0.4, 0.5) is 0 Å². The molecule has 2 heterocycles. The predicted molar refractivity (Wildman–Crippen MR) is 100 cm³/mol. The average molecular weight is 374 g/mol. The summed E-state index contributed by atoms with van der Waals surface area (Å²) in [7, 11) is 5.74. The van der Waals surface area contributed by atoms with Gasteiger partial charge in [-0.25, -0.2) is 0 Å². The minimum absolute atomic E-state index is 0.0112. The second-order valence-electron chi connectivity index (χ2n) is 7.08. The number of ether oxygens (including phenoxy) is 1. The van der Waals surface area contributed by atoms with Crippen molar-refractivity contribution in [2.45, 2.75) is 12.5 Å². The molecule has 0 saturated carbocycles. The van der Waals surface area contributed by atoms with Crippen LogP contribution in [-0.4, -0.2) is 102 Å². The summed E-state index contributed by atoms with van der Waals surface area (Å²) in [6.45, 7) is 2.75. The van der Waals surface area contributed by atoms with Crippen LogP contribution >= 0.6 is 0 Å². The second kappa shape index (κ2) is 8.45. The van der Waals surface area contributed by atoms with Crippen molar-refractivity contribution in [2.24, 2.45) is 0 Å². The topological polar surface area (TPSA) is 94.7 Å². The zero-order valence-electron chi connectivity index (χ0n) is 16.0. The van der Waals surface area contributed by atoms with Crippen molar-refractivity contribution < 1.29 is 14.3 Å². The van der Waals surface area contributed by atoms with E-state index in [-0.39, 0.29) is 24.3 Å². The Morgan fingerprint density at radius 3 is 2.78 bits per heavy atom. The Morgan fingerprint density at radius 1 is 1.22 bits per heavy atom. The molecule has 9 nitrogen and oxygen atoms in total. The molecule has 146 valence electrons. The van der Waals surface area contributed by atoms with Crippen molar-refractivity contribution in [1.29, 1.82) is 0 Å². The number of hydrogen-bond acceptors (Lipinski definition) is 6. The molecule has 3 rings (SSSR count). The highest BCUT2D eigenvalue weighted by Crippen LogP contribution is 2.18. The number of rotatable bonds is 6. The lowest BCUT2D eigenvalue weighted by molar-refractivity contribution is -0.132. The highest BCUT2D eigenvalue weighted by Gasteiger charge is 2.30. The van der Waals surface area contributed by atoms with Crippen LogP contribution in [0.25, 0.3) is 11.0 Å². The summed E-state index contributed by atoms with van der Waals surface area (Å²) in [4.78, 5) is 31.1. The fourth-order valence-corrected chi connectivity index (χ4v) is 3.06. The second-order valence-corrected chi connectivity index (χ2v) is 7.08. The van der Waals surface area contributed by atoms with E-state index < -0.39 is 0 Å². The van der Waals surface area contributed by atoms with Crippen LogP contribution in [0.3, 0.4) is 0 Å². The van der Waals surface area contributed by atoms with E-state index in [0.29, 0.717) is 42.9 Å². The summed E-state index contributed by atoms with van der Waals surface area (Å²) in [6, 6.07) is 4.96. The number of nitrogens with one attached hydrogen (secondary N) is 1. The number of H-pyrrole nitrogens is 1. The first-order valence-corrected chi connectivity index (χ1v) is 9.03. The van der Waals surface area contributed by atoms with E-state index in [9.17, 15) is 9.59 Å². The van der Waals surface area contributed by atoms with Crippen molar-refractivity contribution in [3.8, 4) is 0 Å². The van der Waals surface area contributed by atoms with Gasteiger partial charge in [0.15, 0.2) is 0 Å². The molecule has 1 aliphatic rings. The molecule has 1 aliphatic heterocycles. The van der Waals surface area contributed by atoms with Gasteiger partial charge in [0.2, 0.25) is 5.91 Å². The summed E-state index contributed by atoms with van der Waals surface area (Å²) in [5.41, 5.74) is 1.89. The van der Waals surface area contributed by atoms with Gasteiger partial charge in [-0.15, -0.1) is 0 Å². The largest absolute Gasteiger partial charge is 0.377 e. The zero-order valence-corrected chi connectivity index (χ0v) is 16.0. The molecular formula is C18H26N6O3. The van der Waals surface area contributed by atoms with Gasteiger partial charge in [0.05, 0.1) is 19.3 Å². The van der Waals surface area contributed by atoms with Crippen LogP contribution < -0.4 is 0 Å². The van der Waals surface area contributed by atoms with Gasteiger partial charge in [-0.2, -0.15) is 15.4 Å². The standard InChI is InChI=1S/C18H26N6O3/c1-22(2)6-7-23(3)17(25)11-14-12-27-9-8-24(14)18(26)13-4-5-15-16(10-13)20-21-19-15/h4-5,10,14H,6-9,11-12H2,1-3H3,(H,19,20,21)/t14-/m0/s1. The number of aromatic amines is 1. The third kappa shape index (κ3) is 4.61. The molecule has 27 heavy (non-hydrogen) atoms. The molecule has 1 aromatic carbocycles. The summed E-state index contributed by atoms with van der Waals surface area (Å²) >= 11 is 0. The lowest BCUT2D eigenvalue weighted by atomic mass is 10.1. The van der Waals surface area contributed by atoms with E-state index in [1.54, 1.807) is 35.0 Å². The van der Waals surface area contributed by atoms with E-state index in [0.717, 1.165) is 6.54 Å². The normalized spacial score (nSPS) is 17.5. The lowest BCUT2D eigenvalue weighted by Gasteiger charge is -2.36. The van der Waals surface area contributed by atoms with E-state index in [1.807, 2.05) is 19.0 Å². The highest BCUT2D eigenvalue weighted by molar-refractivity contribution is 5.97. The third-order valence-corrected chi connectivity index (χ3v) is 4.77. The maximum Gasteiger partial charge on any atom is 0.254 e. The fraction of sp³-hybridized carbons (Fsp3) is 0.556. The molecule has 0 radical (unpaired) electrons. The smallest absolute Gasteiger partial charge is 0.254 e. The molecular weight excluding hydrogens is 348 g/mol. The Labute approximate surface area is 158 Å². The summed E-state index contributed by atoms with van der Waals surface area (Å²) in [6.07, 6.45) is 0.252. The molecule has 0 aliphatic carbocycles. The summed E-state index contributed by atoms with van der Waals surface area (Å²) in [5, 5.41) is 10.6. The van der Waals surface area contributed by atoms with E-state index in [4.69, 9.17) is 4.74 Å². The quantitative estimate of drug-likeness (QED) is 0.777. The van der Waals surface area contributed by atoms with E-state index >= 15 is 0 Å². The Hall–Kier alpha value is -2.52. The van der Waals surface area contributed by atoms with E-state index in [1.165, 1.54) is 0 Å².